The predicted octanol–water partition coefficient (Wildman–Crippen LogP) is 1.87. The van der Waals surface area contributed by atoms with E-state index in [2.05, 4.69) is 10.4 Å². The molecule has 1 atom stereocenters. The zero-order valence-corrected chi connectivity index (χ0v) is 9.31. The summed E-state index contributed by atoms with van der Waals surface area (Å²) >= 11 is 0. The van der Waals surface area contributed by atoms with Gasteiger partial charge in [0.25, 0.3) is 0 Å². The second-order valence-electron chi connectivity index (χ2n) is 3.62. The summed E-state index contributed by atoms with van der Waals surface area (Å²) in [5.74, 6) is -0.206. The number of benzene rings is 1. The summed E-state index contributed by atoms with van der Waals surface area (Å²) in [6.07, 6.45) is 1.71. The molecule has 3 nitrogen and oxygen atoms in total. The van der Waals surface area contributed by atoms with Crippen molar-refractivity contribution in [2.75, 3.05) is 7.05 Å². The van der Waals surface area contributed by atoms with Crippen LogP contribution in [0.5, 0.6) is 0 Å². The Kier molecular flexibility index (Phi) is 3.01. The molecule has 16 heavy (non-hydrogen) atoms. The molecule has 84 valence electrons. The third kappa shape index (κ3) is 1.84. The number of nitrogens with zero attached hydrogens (tertiary/aromatic N) is 2. The number of halogens is 1. The van der Waals surface area contributed by atoms with Crippen molar-refractivity contribution < 1.29 is 4.39 Å². The molecule has 4 heteroatoms. The second kappa shape index (κ2) is 4.45. The lowest BCUT2D eigenvalue weighted by atomic mass is 10.0. The number of hydrogen-bond donors (Lipinski definition) is 1. The molecule has 1 aromatic heterocycles. The van der Waals surface area contributed by atoms with Crippen molar-refractivity contribution in [2.24, 2.45) is 7.05 Å². The molecule has 1 unspecified atom stereocenters. The van der Waals surface area contributed by atoms with Crippen molar-refractivity contribution in [3.05, 3.63) is 53.6 Å². The Hall–Kier alpha value is -1.68. The van der Waals surface area contributed by atoms with Gasteiger partial charge in [-0.25, -0.2) is 4.39 Å². The maximum absolute atomic E-state index is 13.7. The number of aromatic nitrogens is 2. The molecule has 2 aromatic rings. The lowest BCUT2D eigenvalue weighted by molar-refractivity contribution is 0.552. The highest BCUT2D eigenvalue weighted by Gasteiger charge is 2.18. The van der Waals surface area contributed by atoms with Crippen molar-refractivity contribution in [3.63, 3.8) is 0 Å². The summed E-state index contributed by atoms with van der Waals surface area (Å²) in [4.78, 5) is 0. The summed E-state index contributed by atoms with van der Waals surface area (Å²) in [5.41, 5.74) is 1.57. The van der Waals surface area contributed by atoms with Crippen LogP contribution in [0.4, 0.5) is 4.39 Å². The van der Waals surface area contributed by atoms with Crippen molar-refractivity contribution in [1.82, 2.24) is 15.1 Å². The lowest BCUT2D eigenvalue weighted by Gasteiger charge is -2.17. The predicted molar refractivity (Wildman–Crippen MR) is 60.5 cm³/mol. The van der Waals surface area contributed by atoms with E-state index in [0.717, 1.165) is 5.69 Å². The number of hydrogen-bond acceptors (Lipinski definition) is 2. The maximum Gasteiger partial charge on any atom is 0.128 e. The van der Waals surface area contributed by atoms with Crippen LogP contribution in [0, 0.1) is 5.82 Å². The van der Waals surface area contributed by atoms with Crippen LogP contribution in [0.1, 0.15) is 17.3 Å². The van der Waals surface area contributed by atoms with Gasteiger partial charge in [-0.15, -0.1) is 0 Å². The quantitative estimate of drug-likeness (QED) is 0.854. The summed E-state index contributed by atoms with van der Waals surface area (Å²) in [6, 6.07) is 8.48. The van der Waals surface area contributed by atoms with Gasteiger partial charge in [0.15, 0.2) is 0 Å². The number of rotatable bonds is 3. The molecule has 1 N–H and O–H groups in total. The van der Waals surface area contributed by atoms with E-state index >= 15 is 0 Å². The fourth-order valence-corrected chi connectivity index (χ4v) is 1.84. The molecule has 0 aliphatic carbocycles. The minimum absolute atomic E-state index is 0.173. The monoisotopic (exact) mass is 219 g/mol. The van der Waals surface area contributed by atoms with E-state index in [1.165, 1.54) is 6.07 Å². The molecular weight excluding hydrogens is 205 g/mol. The first-order chi connectivity index (χ1) is 7.74. The largest absolute Gasteiger partial charge is 0.308 e. The van der Waals surface area contributed by atoms with E-state index in [9.17, 15) is 4.39 Å². The maximum atomic E-state index is 13.7. The molecule has 0 amide bonds. The first-order valence-electron chi connectivity index (χ1n) is 5.13. The third-order valence-corrected chi connectivity index (χ3v) is 2.66. The first kappa shape index (κ1) is 10.8. The average molecular weight is 219 g/mol. The van der Waals surface area contributed by atoms with Crippen molar-refractivity contribution in [1.29, 1.82) is 0 Å². The van der Waals surface area contributed by atoms with E-state index in [1.54, 1.807) is 23.0 Å². The van der Waals surface area contributed by atoms with Gasteiger partial charge in [0.2, 0.25) is 0 Å². The Balaban J connectivity index is 2.45. The summed E-state index contributed by atoms with van der Waals surface area (Å²) in [6.45, 7) is 0. The van der Waals surface area contributed by atoms with E-state index in [4.69, 9.17) is 0 Å². The molecule has 0 saturated heterocycles. The molecule has 0 aliphatic heterocycles. The van der Waals surface area contributed by atoms with Gasteiger partial charge in [0.05, 0.1) is 11.7 Å². The van der Waals surface area contributed by atoms with E-state index in [-0.39, 0.29) is 11.9 Å². The molecule has 1 heterocycles. The number of aryl methyl sites for hydroxylation is 1. The topological polar surface area (TPSA) is 29.9 Å². The van der Waals surface area contributed by atoms with Gasteiger partial charge in [-0.3, -0.25) is 4.68 Å². The number of nitrogens with one attached hydrogen (secondary N) is 1. The molecule has 0 spiro atoms. The zero-order chi connectivity index (χ0) is 11.5. The van der Waals surface area contributed by atoms with Crippen LogP contribution in [-0.2, 0) is 7.05 Å². The van der Waals surface area contributed by atoms with Gasteiger partial charge in [-0.2, -0.15) is 5.10 Å². The zero-order valence-electron chi connectivity index (χ0n) is 9.31. The van der Waals surface area contributed by atoms with Gasteiger partial charge in [0, 0.05) is 18.8 Å². The molecule has 0 saturated carbocycles. The van der Waals surface area contributed by atoms with Crippen LogP contribution in [0.2, 0.25) is 0 Å². The van der Waals surface area contributed by atoms with E-state index in [0.29, 0.717) is 5.56 Å². The van der Waals surface area contributed by atoms with Crippen LogP contribution < -0.4 is 5.32 Å². The van der Waals surface area contributed by atoms with Gasteiger partial charge in [-0.05, 0) is 19.2 Å². The van der Waals surface area contributed by atoms with Crippen molar-refractivity contribution in [3.8, 4) is 0 Å². The van der Waals surface area contributed by atoms with Gasteiger partial charge < -0.3 is 5.32 Å². The van der Waals surface area contributed by atoms with Gasteiger partial charge >= 0.3 is 0 Å². The highest BCUT2D eigenvalue weighted by Crippen LogP contribution is 2.23. The molecular formula is C12H14FN3. The summed E-state index contributed by atoms with van der Waals surface area (Å²) in [7, 11) is 3.66. The summed E-state index contributed by atoms with van der Waals surface area (Å²) in [5, 5.41) is 7.20. The fourth-order valence-electron chi connectivity index (χ4n) is 1.84. The minimum Gasteiger partial charge on any atom is -0.308 e. The average Bonchev–Trinajstić information content (AvgIpc) is 2.69. The molecule has 0 radical (unpaired) electrons. The Bertz CT molecular complexity index is 479. The summed E-state index contributed by atoms with van der Waals surface area (Å²) < 4.78 is 15.4. The lowest BCUT2D eigenvalue weighted by Crippen LogP contribution is -2.21. The second-order valence-corrected chi connectivity index (χ2v) is 3.62. The molecule has 0 aliphatic rings. The Morgan fingerprint density at radius 2 is 2.06 bits per heavy atom. The van der Waals surface area contributed by atoms with Crippen LogP contribution in [0.3, 0.4) is 0 Å². The van der Waals surface area contributed by atoms with Crippen LogP contribution in [-0.4, -0.2) is 16.8 Å². The smallest absolute Gasteiger partial charge is 0.128 e. The van der Waals surface area contributed by atoms with Gasteiger partial charge in [0.1, 0.15) is 5.82 Å². The van der Waals surface area contributed by atoms with Crippen LogP contribution >= 0.6 is 0 Å². The van der Waals surface area contributed by atoms with Crippen molar-refractivity contribution >= 4 is 0 Å². The standard InChI is InChI=1S/C12H14FN3/c1-14-12(11-7-8-15-16(11)2)9-5-3-4-6-10(9)13/h3-8,12,14H,1-2H3. The van der Waals surface area contributed by atoms with Gasteiger partial charge in [-0.1, -0.05) is 18.2 Å². The van der Waals surface area contributed by atoms with E-state index < -0.39 is 0 Å². The van der Waals surface area contributed by atoms with Crippen molar-refractivity contribution in [2.45, 2.75) is 6.04 Å². The SMILES string of the molecule is CNC(c1ccccc1F)c1ccnn1C. The first-order valence-corrected chi connectivity index (χ1v) is 5.13. The molecule has 0 fully saturated rings. The third-order valence-electron chi connectivity index (χ3n) is 2.66. The highest BCUT2D eigenvalue weighted by molar-refractivity contribution is 5.28. The van der Waals surface area contributed by atoms with Crippen LogP contribution in [0.15, 0.2) is 36.5 Å². The molecule has 2 rings (SSSR count). The Morgan fingerprint density at radius 3 is 2.62 bits per heavy atom. The Morgan fingerprint density at radius 1 is 1.31 bits per heavy atom. The van der Waals surface area contributed by atoms with Crippen LogP contribution in [0.25, 0.3) is 0 Å². The van der Waals surface area contributed by atoms with E-state index in [1.807, 2.05) is 26.2 Å². The normalized spacial score (nSPS) is 12.7. The molecule has 0 bridgehead atoms. The fraction of sp³-hybridized carbons (Fsp3) is 0.250. The highest BCUT2D eigenvalue weighted by atomic mass is 19.1. The molecule has 1 aromatic carbocycles. The Labute approximate surface area is 93.9 Å². The minimum atomic E-state index is -0.206.